The molecule has 2 aliphatic rings. The van der Waals surface area contributed by atoms with Gasteiger partial charge in [-0.25, -0.2) is 0 Å². The number of hydrogen-bond acceptors (Lipinski definition) is 2. The standard InChI is InChI=1S/C14H16ClIN2O/c15-11-6-9(3-4-12(11)16)14(19)18-7-10-2-1-5-17-13(10)8-18/h3-4,6,10,13,17H,1-2,5,7-8H2/t10-,13+/m0/s1. The zero-order chi connectivity index (χ0) is 13.4. The van der Waals surface area contributed by atoms with Crippen molar-refractivity contribution in [3.8, 4) is 0 Å². The van der Waals surface area contributed by atoms with Crippen LogP contribution >= 0.6 is 34.2 Å². The molecule has 1 aromatic rings. The van der Waals surface area contributed by atoms with Gasteiger partial charge in [-0.2, -0.15) is 0 Å². The summed E-state index contributed by atoms with van der Waals surface area (Å²) in [5.41, 5.74) is 0.698. The second kappa shape index (κ2) is 5.58. The Hall–Kier alpha value is -0.330. The molecule has 1 amide bonds. The molecule has 1 aromatic carbocycles. The van der Waals surface area contributed by atoms with Gasteiger partial charge < -0.3 is 10.2 Å². The van der Waals surface area contributed by atoms with Gasteiger partial charge in [-0.05, 0) is 66.1 Å². The van der Waals surface area contributed by atoms with Crippen LogP contribution in [0.3, 0.4) is 0 Å². The smallest absolute Gasteiger partial charge is 0.253 e. The second-order valence-corrected chi connectivity index (χ2v) is 6.87. The lowest BCUT2D eigenvalue weighted by Crippen LogP contribution is -2.41. The van der Waals surface area contributed by atoms with Gasteiger partial charge >= 0.3 is 0 Å². The molecule has 0 bridgehead atoms. The molecule has 19 heavy (non-hydrogen) atoms. The molecule has 3 nitrogen and oxygen atoms in total. The number of nitrogens with zero attached hydrogens (tertiary/aromatic N) is 1. The van der Waals surface area contributed by atoms with E-state index in [1.54, 1.807) is 6.07 Å². The topological polar surface area (TPSA) is 32.3 Å². The predicted octanol–water partition coefficient (Wildman–Crippen LogP) is 2.77. The van der Waals surface area contributed by atoms with Gasteiger partial charge in [0.2, 0.25) is 0 Å². The van der Waals surface area contributed by atoms with Gasteiger partial charge in [0.1, 0.15) is 0 Å². The van der Waals surface area contributed by atoms with Crippen molar-refractivity contribution in [2.75, 3.05) is 19.6 Å². The number of piperidine rings is 1. The lowest BCUT2D eigenvalue weighted by molar-refractivity contribution is 0.0785. The first-order chi connectivity index (χ1) is 9.15. The van der Waals surface area contributed by atoms with E-state index in [1.807, 2.05) is 17.0 Å². The van der Waals surface area contributed by atoms with Crippen LogP contribution < -0.4 is 5.32 Å². The first kappa shape index (κ1) is 13.6. The maximum absolute atomic E-state index is 12.5. The van der Waals surface area contributed by atoms with Gasteiger partial charge in [0.15, 0.2) is 0 Å². The summed E-state index contributed by atoms with van der Waals surface area (Å²) in [6.45, 7) is 2.78. The quantitative estimate of drug-likeness (QED) is 0.748. The van der Waals surface area contributed by atoms with Crippen LogP contribution in [0.2, 0.25) is 5.02 Å². The Balaban J connectivity index is 1.75. The van der Waals surface area contributed by atoms with Crippen molar-refractivity contribution in [1.29, 1.82) is 0 Å². The van der Waals surface area contributed by atoms with E-state index in [2.05, 4.69) is 27.9 Å². The normalized spacial score (nSPS) is 26.3. The van der Waals surface area contributed by atoms with Crippen LogP contribution in [0.1, 0.15) is 23.2 Å². The summed E-state index contributed by atoms with van der Waals surface area (Å²) >= 11 is 8.27. The molecule has 1 N–H and O–H groups in total. The van der Waals surface area contributed by atoms with E-state index in [4.69, 9.17) is 11.6 Å². The number of halogens is 2. The van der Waals surface area contributed by atoms with Crippen molar-refractivity contribution in [2.24, 2.45) is 5.92 Å². The Morgan fingerprint density at radius 1 is 1.42 bits per heavy atom. The first-order valence-corrected chi connectivity index (χ1v) is 8.08. The molecule has 2 aliphatic heterocycles. The molecule has 0 spiro atoms. The molecule has 0 radical (unpaired) electrons. The van der Waals surface area contributed by atoms with Gasteiger partial charge in [-0.3, -0.25) is 4.79 Å². The fourth-order valence-corrected chi connectivity index (χ4v) is 3.54. The summed E-state index contributed by atoms with van der Waals surface area (Å²) in [6.07, 6.45) is 2.45. The van der Waals surface area contributed by atoms with E-state index >= 15 is 0 Å². The summed E-state index contributed by atoms with van der Waals surface area (Å²) in [5, 5.41) is 4.17. The highest BCUT2D eigenvalue weighted by atomic mass is 127. The van der Waals surface area contributed by atoms with Gasteiger partial charge in [-0.15, -0.1) is 0 Å². The fraction of sp³-hybridized carbons (Fsp3) is 0.500. The predicted molar refractivity (Wildman–Crippen MR) is 84.6 cm³/mol. The summed E-state index contributed by atoms with van der Waals surface area (Å²) in [4.78, 5) is 14.5. The van der Waals surface area contributed by atoms with Crippen LogP contribution in [-0.4, -0.2) is 36.5 Å². The van der Waals surface area contributed by atoms with Crippen LogP contribution in [-0.2, 0) is 0 Å². The van der Waals surface area contributed by atoms with Crippen LogP contribution in [0.4, 0.5) is 0 Å². The highest BCUT2D eigenvalue weighted by molar-refractivity contribution is 14.1. The molecular weight excluding hydrogens is 375 g/mol. The van der Waals surface area contributed by atoms with E-state index in [0.717, 1.165) is 23.2 Å². The Bertz CT molecular complexity index is 494. The summed E-state index contributed by atoms with van der Waals surface area (Å²) < 4.78 is 0.979. The summed E-state index contributed by atoms with van der Waals surface area (Å²) in [6, 6.07) is 6.03. The Kier molecular flexibility index (Phi) is 4.01. The highest BCUT2D eigenvalue weighted by Gasteiger charge is 2.36. The van der Waals surface area contributed by atoms with Crippen molar-refractivity contribution < 1.29 is 4.79 Å². The molecular formula is C14H16ClIN2O. The molecule has 3 rings (SSSR count). The number of hydrogen-bond donors (Lipinski definition) is 1. The number of amides is 1. The molecule has 2 atom stereocenters. The van der Waals surface area contributed by atoms with Crippen LogP contribution in [0.25, 0.3) is 0 Å². The zero-order valence-corrected chi connectivity index (χ0v) is 13.4. The second-order valence-electron chi connectivity index (χ2n) is 5.30. The molecule has 0 aromatic heterocycles. The number of fused-ring (bicyclic) bond motifs is 1. The van der Waals surface area contributed by atoms with Crippen LogP contribution in [0.5, 0.6) is 0 Å². The number of carbonyl (C=O) groups is 1. The Morgan fingerprint density at radius 2 is 2.26 bits per heavy atom. The number of likely N-dealkylation sites (tertiary alicyclic amines) is 1. The lowest BCUT2D eigenvalue weighted by Gasteiger charge is -2.24. The number of carbonyl (C=O) groups excluding carboxylic acids is 1. The molecule has 0 unspecified atom stereocenters. The molecule has 2 fully saturated rings. The highest BCUT2D eigenvalue weighted by Crippen LogP contribution is 2.27. The number of nitrogens with one attached hydrogen (secondary N) is 1. The van der Waals surface area contributed by atoms with Gasteiger partial charge in [0.25, 0.3) is 5.91 Å². The third-order valence-corrected chi connectivity index (χ3v) is 5.63. The van der Waals surface area contributed by atoms with Crippen molar-refractivity contribution in [2.45, 2.75) is 18.9 Å². The Labute approximate surface area is 131 Å². The molecule has 2 heterocycles. The number of rotatable bonds is 1. The van der Waals surface area contributed by atoms with E-state index in [0.29, 0.717) is 22.5 Å². The van der Waals surface area contributed by atoms with Crippen LogP contribution in [0, 0.1) is 9.49 Å². The van der Waals surface area contributed by atoms with Crippen LogP contribution in [0.15, 0.2) is 18.2 Å². The molecule has 2 saturated heterocycles. The van der Waals surface area contributed by atoms with E-state index < -0.39 is 0 Å². The van der Waals surface area contributed by atoms with Crippen molar-refractivity contribution in [3.05, 3.63) is 32.4 Å². The molecule has 0 saturated carbocycles. The molecule has 0 aliphatic carbocycles. The third kappa shape index (κ3) is 2.76. The monoisotopic (exact) mass is 390 g/mol. The van der Waals surface area contributed by atoms with Crippen molar-refractivity contribution in [1.82, 2.24) is 10.2 Å². The largest absolute Gasteiger partial charge is 0.337 e. The SMILES string of the molecule is O=C(c1ccc(I)c(Cl)c1)N1C[C@@H]2CCCN[C@@H]2C1. The maximum atomic E-state index is 12.5. The fourth-order valence-electron chi connectivity index (χ4n) is 3.02. The van der Waals surface area contributed by atoms with Gasteiger partial charge in [0, 0.05) is 28.3 Å². The molecule has 102 valence electrons. The zero-order valence-electron chi connectivity index (χ0n) is 10.5. The van der Waals surface area contributed by atoms with E-state index in [-0.39, 0.29) is 5.91 Å². The molecule has 5 heteroatoms. The van der Waals surface area contributed by atoms with Gasteiger partial charge in [-0.1, -0.05) is 11.6 Å². The summed E-state index contributed by atoms with van der Waals surface area (Å²) in [7, 11) is 0. The first-order valence-electron chi connectivity index (χ1n) is 6.63. The average molecular weight is 391 g/mol. The van der Waals surface area contributed by atoms with E-state index in [9.17, 15) is 4.79 Å². The minimum atomic E-state index is 0.106. The summed E-state index contributed by atoms with van der Waals surface area (Å²) in [5.74, 6) is 0.728. The maximum Gasteiger partial charge on any atom is 0.253 e. The minimum Gasteiger partial charge on any atom is -0.337 e. The number of benzene rings is 1. The van der Waals surface area contributed by atoms with Gasteiger partial charge in [0.05, 0.1) is 5.02 Å². The van der Waals surface area contributed by atoms with E-state index in [1.165, 1.54) is 12.8 Å². The lowest BCUT2D eigenvalue weighted by atomic mass is 9.94. The Morgan fingerprint density at radius 3 is 3.00 bits per heavy atom. The third-order valence-electron chi connectivity index (χ3n) is 4.05. The van der Waals surface area contributed by atoms with Crippen molar-refractivity contribution in [3.63, 3.8) is 0 Å². The minimum absolute atomic E-state index is 0.106. The van der Waals surface area contributed by atoms with Crippen molar-refractivity contribution >= 4 is 40.1 Å². The average Bonchev–Trinajstić information content (AvgIpc) is 2.85.